The maximum Gasteiger partial charge on any atom is 0.327 e. The van der Waals surface area contributed by atoms with Crippen LogP contribution in [0.3, 0.4) is 0 Å². The number of aliphatic carboxylic acids is 1. The molecule has 1 saturated heterocycles. The zero-order valence-corrected chi connectivity index (χ0v) is 15.3. The van der Waals surface area contributed by atoms with Gasteiger partial charge in [0.2, 0.25) is 0 Å². The number of carboxylic acids is 1. The predicted octanol–water partition coefficient (Wildman–Crippen LogP) is 3.11. The Hall–Kier alpha value is -2.19. The van der Waals surface area contributed by atoms with E-state index in [0.29, 0.717) is 22.1 Å². The number of carbonyl (C=O) groups excluding carboxylic acids is 1. The first-order valence-electron chi connectivity index (χ1n) is 7.49. The number of hydrogen-bond acceptors (Lipinski definition) is 6. The Bertz CT molecular complexity index is 777. The summed E-state index contributed by atoms with van der Waals surface area (Å²) in [6.07, 6.45) is 0. The van der Waals surface area contributed by atoms with Crippen molar-refractivity contribution in [1.29, 1.82) is 0 Å². The van der Waals surface area contributed by atoms with E-state index in [-0.39, 0.29) is 5.91 Å². The fourth-order valence-electron chi connectivity index (χ4n) is 2.74. The SMILES string of the molecule is COc1ccc(C2SCC(C(=O)O)N2C(=O)c2cccs2)cc1OC. The van der Waals surface area contributed by atoms with Crippen LogP contribution in [-0.2, 0) is 4.79 Å². The zero-order chi connectivity index (χ0) is 18.0. The summed E-state index contributed by atoms with van der Waals surface area (Å²) in [6, 6.07) is 8.00. The molecule has 0 spiro atoms. The Balaban J connectivity index is 1.99. The van der Waals surface area contributed by atoms with Crippen molar-refractivity contribution in [3.05, 3.63) is 46.2 Å². The van der Waals surface area contributed by atoms with Crippen molar-refractivity contribution in [1.82, 2.24) is 4.90 Å². The molecule has 1 aliphatic rings. The van der Waals surface area contributed by atoms with Gasteiger partial charge in [-0.1, -0.05) is 12.1 Å². The molecule has 0 saturated carbocycles. The summed E-state index contributed by atoms with van der Waals surface area (Å²) in [5, 5.41) is 10.9. The average molecular weight is 379 g/mol. The second-order valence-electron chi connectivity index (χ2n) is 5.34. The van der Waals surface area contributed by atoms with Crippen LogP contribution >= 0.6 is 23.1 Å². The monoisotopic (exact) mass is 379 g/mol. The molecular formula is C17H17NO5S2. The first-order valence-corrected chi connectivity index (χ1v) is 9.42. The Morgan fingerprint density at radius 2 is 1.96 bits per heavy atom. The largest absolute Gasteiger partial charge is 0.493 e. The van der Waals surface area contributed by atoms with E-state index in [1.165, 1.54) is 35.1 Å². The van der Waals surface area contributed by atoms with E-state index in [1.807, 2.05) is 6.07 Å². The number of carboxylic acid groups (broad SMARTS) is 1. The minimum Gasteiger partial charge on any atom is -0.493 e. The normalized spacial score (nSPS) is 19.7. The highest BCUT2D eigenvalue weighted by atomic mass is 32.2. The number of rotatable bonds is 5. The van der Waals surface area contributed by atoms with Crippen LogP contribution in [0.2, 0.25) is 0 Å². The van der Waals surface area contributed by atoms with E-state index in [9.17, 15) is 14.7 Å². The molecule has 3 rings (SSSR count). The van der Waals surface area contributed by atoms with Crippen molar-refractivity contribution in [3.8, 4) is 11.5 Å². The van der Waals surface area contributed by atoms with Crippen LogP contribution in [0.5, 0.6) is 11.5 Å². The Labute approximate surface area is 153 Å². The summed E-state index contributed by atoms with van der Waals surface area (Å²) >= 11 is 2.74. The molecule has 2 atom stereocenters. The summed E-state index contributed by atoms with van der Waals surface area (Å²) < 4.78 is 10.6. The zero-order valence-electron chi connectivity index (χ0n) is 13.7. The molecule has 2 unspecified atom stereocenters. The van der Waals surface area contributed by atoms with Crippen LogP contribution in [-0.4, -0.2) is 47.9 Å². The van der Waals surface area contributed by atoms with Crippen molar-refractivity contribution in [2.24, 2.45) is 0 Å². The Morgan fingerprint density at radius 3 is 2.56 bits per heavy atom. The number of methoxy groups -OCH3 is 2. The number of nitrogens with zero attached hydrogens (tertiary/aromatic N) is 1. The second kappa shape index (κ2) is 7.37. The van der Waals surface area contributed by atoms with Gasteiger partial charge in [0.05, 0.1) is 19.1 Å². The summed E-state index contributed by atoms with van der Waals surface area (Å²) in [4.78, 5) is 26.5. The molecule has 0 bridgehead atoms. The third-order valence-corrected chi connectivity index (χ3v) is 6.13. The number of amides is 1. The van der Waals surface area contributed by atoms with Gasteiger partial charge in [0, 0.05) is 5.75 Å². The number of carbonyl (C=O) groups is 2. The van der Waals surface area contributed by atoms with E-state index in [2.05, 4.69) is 0 Å². The fraction of sp³-hybridized carbons (Fsp3) is 0.294. The van der Waals surface area contributed by atoms with Crippen molar-refractivity contribution in [2.45, 2.75) is 11.4 Å². The van der Waals surface area contributed by atoms with Gasteiger partial charge < -0.3 is 19.5 Å². The average Bonchev–Trinajstić information content (AvgIpc) is 3.30. The molecule has 132 valence electrons. The molecular weight excluding hydrogens is 362 g/mol. The Morgan fingerprint density at radius 1 is 1.20 bits per heavy atom. The van der Waals surface area contributed by atoms with Gasteiger partial charge in [-0.05, 0) is 29.1 Å². The van der Waals surface area contributed by atoms with Gasteiger partial charge in [-0.3, -0.25) is 4.79 Å². The quantitative estimate of drug-likeness (QED) is 0.860. The van der Waals surface area contributed by atoms with Gasteiger partial charge in [-0.2, -0.15) is 0 Å². The van der Waals surface area contributed by atoms with Gasteiger partial charge in [0.1, 0.15) is 11.4 Å². The van der Waals surface area contributed by atoms with Crippen LogP contribution in [0.25, 0.3) is 0 Å². The number of thiophene rings is 1. The molecule has 1 aromatic heterocycles. The van der Waals surface area contributed by atoms with E-state index in [1.54, 1.807) is 36.8 Å². The lowest BCUT2D eigenvalue weighted by Gasteiger charge is -2.27. The van der Waals surface area contributed by atoms with Crippen molar-refractivity contribution < 1.29 is 24.2 Å². The van der Waals surface area contributed by atoms with Crippen LogP contribution in [0.4, 0.5) is 0 Å². The highest BCUT2D eigenvalue weighted by molar-refractivity contribution is 7.99. The van der Waals surface area contributed by atoms with Gasteiger partial charge >= 0.3 is 5.97 Å². The predicted molar refractivity (Wildman–Crippen MR) is 96.7 cm³/mol. The van der Waals surface area contributed by atoms with E-state index >= 15 is 0 Å². The lowest BCUT2D eigenvalue weighted by molar-refractivity contribution is -0.141. The number of benzene rings is 1. The van der Waals surface area contributed by atoms with E-state index < -0.39 is 17.4 Å². The lowest BCUT2D eigenvalue weighted by atomic mass is 10.1. The third-order valence-electron chi connectivity index (χ3n) is 3.94. The molecule has 1 N–H and O–H groups in total. The molecule has 0 aliphatic carbocycles. The van der Waals surface area contributed by atoms with Gasteiger partial charge in [-0.25, -0.2) is 4.79 Å². The fourth-order valence-corrected chi connectivity index (χ4v) is 4.81. The summed E-state index contributed by atoms with van der Waals surface area (Å²) in [7, 11) is 3.09. The van der Waals surface area contributed by atoms with Crippen molar-refractivity contribution in [3.63, 3.8) is 0 Å². The molecule has 2 aromatic rings. The molecule has 8 heteroatoms. The summed E-state index contributed by atoms with van der Waals surface area (Å²) in [5.41, 5.74) is 0.802. The molecule has 1 amide bonds. The second-order valence-corrected chi connectivity index (χ2v) is 7.40. The molecule has 1 aliphatic heterocycles. The van der Waals surface area contributed by atoms with Crippen LogP contribution in [0.15, 0.2) is 35.7 Å². The number of hydrogen-bond donors (Lipinski definition) is 1. The van der Waals surface area contributed by atoms with Crippen LogP contribution < -0.4 is 9.47 Å². The highest BCUT2D eigenvalue weighted by Gasteiger charge is 2.43. The standard InChI is InChI=1S/C17H17NO5S2/c1-22-12-6-5-10(8-13(12)23-2)16-18(11(9-25-16)17(20)21)15(19)14-4-3-7-24-14/h3-8,11,16H,9H2,1-2H3,(H,20,21). The maximum atomic E-state index is 12.9. The van der Waals surface area contributed by atoms with Gasteiger partial charge in [0.25, 0.3) is 5.91 Å². The smallest absolute Gasteiger partial charge is 0.327 e. The minimum atomic E-state index is -1.000. The molecule has 1 fully saturated rings. The number of thioether (sulfide) groups is 1. The van der Waals surface area contributed by atoms with Crippen molar-refractivity contribution in [2.75, 3.05) is 20.0 Å². The van der Waals surface area contributed by atoms with Gasteiger partial charge in [-0.15, -0.1) is 23.1 Å². The molecule has 0 radical (unpaired) electrons. The summed E-state index contributed by atoms with van der Waals surface area (Å²) in [5.74, 6) is 0.196. The van der Waals surface area contributed by atoms with Crippen LogP contribution in [0, 0.1) is 0 Å². The molecule has 1 aromatic carbocycles. The van der Waals surface area contributed by atoms with Crippen molar-refractivity contribution >= 4 is 35.0 Å². The lowest BCUT2D eigenvalue weighted by Crippen LogP contribution is -2.42. The minimum absolute atomic E-state index is 0.271. The van der Waals surface area contributed by atoms with Crippen LogP contribution in [0.1, 0.15) is 20.6 Å². The Kier molecular flexibility index (Phi) is 5.19. The highest BCUT2D eigenvalue weighted by Crippen LogP contribution is 2.44. The maximum absolute atomic E-state index is 12.9. The van der Waals surface area contributed by atoms with E-state index in [0.717, 1.165) is 5.56 Å². The first-order chi connectivity index (χ1) is 12.1. The molecule has 2 heterocycles. The molecule has 25 heavy (non-hydrogen) atoms. The summed E-state index contributed by atoms with van der Waals surface area (Å²) in [6.45, 7) is 0. The third kappa shape index (κ3) is 3.32. The van der Waals surface area contributed by atoms with Gasteiger partial charge in [0.15, 0.2) is 11.5 Å². The van der Waals surface area contributed by atoms with E-state index in [4.69, 9.17) is 9.47 Å². The topological polar surface area (TPSA) is 76.1 Å². The molecule has 6 nitrogen and oxygen atoms in total. The first kappa shape index (κ1) is 17.6. The number of ether oxygens (including phenoxy) is 2.